The minimum atomic E-state index is -0.879. The molecule has 2 heterocycles. The number of anilines is 1. The van der Waals surface area contributed by atoms with E-state index in [2.05, 4.69) is 20.7 Å². The third kappa shape index (κ3) is 4.90. The van der Waals surface area contributed by atoms with Crippen molar-refractivity contribution in [2.75, 3.05) is 19.0 Å². The molecule has 1 aliphatic rings. The number of carbonyl (C=O) groups excluding carboxylic acids is 2. The van der Waals surface area contributed by atoms with Crippen LogP contribution in [0.25, 0.3) is 0 Å². The predicted molar refractivity (Wildman–Crippen MR) is 116 cm³/mol. The molecule has 1 aromatic heterocycles. The maximum Gasteiger partial charge on any atom is 0.291 e. The number of benzene rings is 2. The van der Waals surface area contributed by atoms with Gasteiger partial charge in [0.25, 0.3) is 5.91 Å². The van der Waals surface area contributed by atoms with Gasteiger partial charge in [-0.05, 0) is 30.0 Å². The SMILES string of the molecule is CNc1c(F)cc(F)cc1CC[C@@H](C=O)NC(=O)c1nc2n(n1)CCOC2c1ccccc1. The fourth-order valence-corrected chi connectivity index (χ4v) is 3.84. The van der Waals surface area contributed by atoms with E-state index in [1.54, 1.807) is 4.68 Å². The zero-order chi connectivity index (χ0) is 23.4. The summed E-state index contributed by atoms with van der Waals surface area (Å²) in [6.45, 7) is 0.875. The Balaban J connectivity index is 1.46. The first-order valence-corrected chi connectivity index (χ1v) is 10.5. The molecule has 172 valence electrons. The van der Waals surface area contributed by atoms with Gasteiger partial charge in [-0.2, -0.15) is 0 Å². The minimum absolute atomic E-state index is 0.0732. The van der Waals surface area contributed by atoms with E-state index in [1.807, 2.05) is 30.3 Å². The first-order chi connectivity index (χ1) is 16.0. The van der Waals surface area contributed by atoms with Crippen molar-refractivity contribution in [2.24, 2.45) is 0 Å². The second kappa shape index (κ2) is 9.86. The number of hydrogen-bond acceptors (Lipinski definition) is 6. The highest BCUT2D eigenvalue weighted by Crippen LogP contribution is 2.27. The van der Waals surface area contributed by atoms with Gasteiger partial charge in [-0.1, -0.05) is 30.3 Å². The normalized spacial score (nSPS) is 16.0. The molecule has 0 fully saturated rings. The number of aromatic nitrogens is 3. The van der Waals surface area contributed by atoms with E-state index < -0.39 is 29.7 Å². The Morgan fingerprint density at radius 2 is 2.09 bits per heavy atom. The van der Waals surface area contributed by atoms with Gasteiger partial charge in [0.05, 0.1) is 24.9 Å². The molecular formula is C23H23F2N5O3. The number of ether oxygens (including phenoxy) is 1. The van der Waals surface area contributed by atoms with Crippen molar-refractivity contribution in [3.8, 4) is 0 Å². The Bertz CT molecular complexity index is 1150. The molecule has 1 unspecified atom stereocenters. The largest absolute Gasteiger partial charge is 0.386 e. The second-order valence-electron chi connectivity index (χ2n) is 7.60. The van der Waals surface area contributed by atoms with Crippen molar-refractivity contribution >= 4 is 17.9 Å². The zero-order valence-electron chi connectivity index (χ0n) is 17.9. The fraction of sp³-hybridized carbons (Fsp3) is 0.304. The Morgan fingerprint density at radius 1 is 1.30 bits per heavy atom. The topological polar surface area (TPSA) is 98.1 Å². The van der Waals surface area contributed by atoms with E-state index >= 15 is 0 Å². The van der Waals surface area contributed by atoms with Crippen LogP contribution in [0.1, 0.15) is 40.1 Å². The number of nitrogens with one attached hydrogen (secondary N) is 2. The lowest BCUT2D eigenvalue weighted by Gasteiger charge is -2.22. The van der Waals surface area contributed by atoms with Crippen LogP contribution in [0.4, 0.5) is 14.5 Å². The standard InChI is InChI=1S/C23H23F2N5O3/c1-26-19-15(11-16(24)12-18(19)25)7-8-17(13-31)27-23(32)21-28-22-20(14-5-3-2-4-6-14)33-10-9-30(22)29-21/h2-6,11-13,17,20,26H,7-10H2,1H3,(H,27,32)/t17-,20?/m0/s1. The predicted octanol–water partition coefficient (Wildman–Crippen LogP) is 2.65. The highest BCUT2D eigenvalue weighted by atomic mass is 19.1. The Hall–Kier alpha value is -3.66. The van der Waals surface area contributed by atoms with E-state index in [0.717, 1.165) is 11.6 Å². The summed E-state index contributed by atoms with van der Waals surface area (Å²) in [7, 11) is 1.53. The van der Waals surface area contributed by atoms with Crippen LogP contribution in [0.2, 0.25) is 0 Å². The molecule has 0 spiro atoms. The lowest BCUT2D eigenvalue weighted by molar-refractivity contribution is -0.109. The van der Waals surface area contributed by atoms with Gasteiger partial charge in [0.2, 0.25) is 5.82 Å². The van der Waals surface area contributed by atoms with Gasteiger partial charge in [-0.15, -0.1) is 5.10 Å². The monoisotopic (exact) mass is 455 g/mol. The molecule has 4 rings (SSSR count). The van der Waals surface area contributed by atoms with Crippen molar-refractivity contribution in [2.45, 2.75) is 31.5 Å². The average molecular weight is 455 g/mol. The molecular weight excluding hydrogens is 432 g/mol. The number of fused-ring (bicyclic) bond motifs is 1. The molecule has 33 heavy (non-hydrogen) atoms. The van der Waals surface area contributed by atoms with Gasteiger partial charge in [0.1, 0.15) is 24.0 Å². The Kier molecular flexibility index (Phi) is 6.74. The van der Waals surface area contributed by atoms with Crippen molar-refractivity contribution in [3.63, 3.8) is 0 Å². The van der Waals surface area contributed by atoms with Crippen molar-refractivity contribution in [1.29, 1.82) is 0 Å². The quantitative estimate of drug-likeness (QED) is 0.507. The van der Waals surface area contributed by atoms with Crippen molar-refractivity contribution in [1.82, 2.24) is 20.1 Å². The van der Waals surface area contributed by atoms with Gasteiger partial charge in [-0.25, -0.2) is 18.4 Å². The highest BCUT2D eigenvalue weighted by Gasteiger charge is 2.29. The van der Waals surface area contributed by atoms with Gasteiger partial charge in [0.15, 0.2) is 5.82 Å². The fourth-order valence-electron chi connectivity index (χ4n) is 3.84. The van der Waals surface area contributed by atoms with Crippen LogP contribution in [0.5, 0.6) is 0 Å². The molecule has 0 saturated heterocycles. The number of halogens is 2. The lowest BCUT2D eigenvalue weighted by Crippen LogP contribution is -2.37. The van der Waals surface area contributed by atoms with E-state index in [-0.39, 0.29) is 24.4 Å². The molecule has 3 aromatic rings. The number of rotatable bonds is 8. The van der Waals surface area contributed by atoms with Crippen LogP contribution in [0.3, 0.4) is 0 Å². The van der Waals surface area contributed by atoms with Gasteiger partial charge < -0.3 is 20.2 Å². The molecule has 10 heteroatoms. The van der Waals surface area contributed by atoms with Crippen molar-refractivity contribution in [3.05, 3.63) is 76.9 Å². The Labute approximate surface area is 189 Å². The van der Waals surface area contributed by atoms with Crippen LogP contribution in [-0.2, 0) is 22.5 Å². The second-order valence-corrected chi connectivity index (χ2v) is 7.60. The summed E-state index contributed by atoms with van der Waals surface area (Å²) in [4.78, 5) is 28.7. The molecule has 2 N–H and O–H groups in total. The summed E-state index contributed by atoms with van der Waals surface area (Å²) in [5.41, 5.74) is 1.42. The smallest absolute Gasteiger partial charge is 0.291 e. The minimum Gasteiger partial charge on any atom is -0.386 e. The summed E-state index contributed by atoms with van der Waals surface area (Å²) in [6.07, 6.45) is 0.457. The van der Waals surface area contributed by atoms with Crippen molar-refractivity contribution < 1.29 is 23.1 Å². The summed E-state index contributed by atoms with van der Waals surface area (Å²) in [5.74, 6) is -1.61. The number of aryl methyl sites for hydroxylation is 1. The van der Waals surface area contributed by atoms with Gasteiger partial charge in [0, 0.05) is 13.1 Å². The number of aldehydes is 1. The summed E-state index contributed by atoms with van der Waals surface area (Å²) in [6, 6.07) is 10.6. The van der Waals surface area contributed by atoms with Crippen LogP contribution in [0, 0.1) is 11.6 Å². The van der Waals surface area contributed by atoms with Gasteiger partial charge >= 0.3 is 0 Å². The van der Waals surface area contributed by atoms with E-state index in [9.17, 15) is 18.4 Å². The zero-order valence-corrected chi connectivity index (χ0v) is 17.9. The molecule has 1 amide bonds. The average Bonchev–Trinajstić information content (AvgIpc) is 3.26. The van der Waals surface area contributed by atoms with E-state index in [4.69, 9.17) is 4.74 Å². The number of hydrogen-bond donors (Lipinski definition) is 2. The maximum absolute atomic E-state index is 13.9. The molecule has 2 atom stereocenters. The molecule has 0 bridgehead atoms. The highest BCUT2D eigenvalue weighted by molar-refractivity contribution is 5.92. The Morgan fingerprint density at radius 3 is 2.82 bits per heavy atom. The molecule has 8 nitrogen and oxygen atoms in total. The van der Waals surface area contributed by atoms with Crippen LogP contribution < -0.4 is 10.6 Å². The first-order valence-electron chi connectivity index (χ1n) is 10.5. The lowest BCUT2D eigenvalue weighted by atomic mass is 10.0. The molecule has 0 radical (unpaired) electrons. The molecule has 2 aromatic carbocycles. The van der Waals surface area contributed by atoms with Crippen LogP contribution >= 0.6 is 0 Å². The third-order valence-corrected chi connectivity index (χ3v) is 5.42. The summed E-state index contributed by atoms with van der Waals surface area (Å²) >= 11 is 0. The molecule has 1 aliphatic heterocycles. The maximum atomic E-state index is 13.9. The number of amides is 1. The third-order valence-electron chi connectivity index (χ3n) is 5.42. The van der Waals surface area contributed by atoms with E-state index in [1.165, 1.54) is 13.1 Å². The summed E-state index contributed by atoms with van der Waals surface area (Å²) in [5, 5.41) is 9.55. The summed E-state index contributed by atoms with van der Waals surface area (Å²) < 4.78 is 35.0. The van der Waals surface area contributed by atoms with Crippen LogP contribution in [0.15, 0.2) is 42.5 Å². The van der Waals surface area contributed by atoms with E-state index in [0.29, 0.717) is 30.8 Å². The van der Waals surface area contributed by atoms with Crippen LogP contribution in [-0.4, -0.2) is 46.7 Å². The number of carbonyl (C=O) groups is 2. The van der Waals surface area contributed by atoms with Gasteiger partial charge in [-0.3, -0.25) is 4.79 Å². The number of nitrogens with zero attached hydrogens (tertiary/aromatic N) is 3. The molecule has 0 aliphatic carbocycles. The first kappa shape index (κ1) is 22.5. The molecule has 0 saturated carbocycles.